The SMILES string of the molecule is COc1cccc2cc(C(C)NC3CCOC4(CCSC4)C3)oc12. The first-order chi connectivity index (χ1) is 11.7. The highest BCUT2D eigenvalue weighted by Crippen LogP contribution is 2.39. The summed E-state index contributed by atoms with van der Waals surface area (Å²) in [7, 11) is 1.68. The topological polar surface area (TPSA) is 43.6 Å². The van der Waals surface area contributed by atoms with Gasteiger partial charge >= 0.3 is 0 Å². The zero-order valence-electron chi connectivity index (χ0n) is 14.3. The fourth-order valence-corrected chi connectivity index (χ4v) is 5.28. The minimum Gasteiger partial charge on any atom is -0.493 e. The van der Waals surface area contributed by atoms with E-state index in [0.717, 1.165) is 47.7 Å². The molecule has 4 nitrogen and oxygen atoms in total. The molecule has 2 aromatic rings. The summed E-state index contributed by atoms with van der Waals surface area (Å²) in [5.41, 5.74) is 0.941. The van der Waals surface area contributed by atoms with Crippen molar-refractivity contribution in [2.24, 2.45) is 0 Å². The maximum atomic E-state index is 6.12. The molecule has 1 N–H and O–H groups in total. The van der Waals surface area contributed by atoms with Crippen LogP contribution in [0.1, 0.15) is 38.0 Å². The molecule has 2 fully saturated rings. The normalized spacial score (nSPS) is 28.5. The van der Waals surface area contributed by atoms with Crippen molar-refractivity contribution in [2.45, 2.75) is 43.9 Å². The lowest BCUT2D eigenvalue weighted by molar-refractivity contribution is -0.0714. The molecule has 1 spiro atoms. The molecule has 0 aliphatic carbocycles. The highest BCUT2D eigenvalue weighted by atomic mass is 32.2. The van der Waals surface area contributed by atoms with Crippen LogP contribution in [-0.4, -0.2) is 36.9 Å². The van der Waals surface area contributed by atoms with Crippen molar-refractivity contribution in [1.82, 2.24) is 5.32 Å². The van der Waals surface area contributed by atoms with Crippen LogP contribution in [0.5, 0.6) is 5.75 Å². The first kappa shape index (κ1) is 16.3. The van der Waals surface area contributed by atoms with Gasteiger partial charge in [0.2, 0.25) is 0 Å². The number of hydrogen-bond acceptors (Lipinski definition) is 5. The molecule has 4 rings (SSSR count). The smallest absolute Gasteiger partial charge is 0.176 e. The van der Waals surface area contributed by atoms with E-state index < -0.39 is 0 Å². The van der Waals surface area contributed by atoms with Crippen LogP contribution in [-0.2, 0) is 4.74 Å². The Kier molecular flexibility index (Phi) is 4.50. The minimum atomic E-state index is 0.109. The second-order valence-corrected chi connectivity index (χ2v) is 8.04. The van der Waals surface area contributed by atoms with Crippen molar-refractivity contribution in [3.8, 4) is 5.75 Å². The molecule has 3 heterocycles. The zero-order valence-corrected chi connectivity index (χ0v) is 15.2. The number of methoxy groups -OCH3 is 1. The third-order valence-electron chi connectivity index (χ3n) is 5.22. The molecular formula is C19H25NO3S. The summed E-state index contributed by atoms with van der Waals surface area (Å²) in [4.78, 5) is 0. The Morgan fingerprint density at radius 3 is 3.12 bits per heavy atom. The van der Waals surface area contributed by atoms with Gasteiger partial charge < -0.3 is 19.2 Å². The van der Waals surface area contributed by atoms with E-state index in [1.54, 1.807) is 7.11 Å². The summed E-state index contributed by atoms with van der Waals surface area (Å²) in [5.74, 6) is 4.13. The summed E-state index contributed by atoms with van der Waals surface area (Å²) in [6, 6.07) is 8.79. The van der Waals surface area contributed by atoms with Gasteiger partial charge in [-0.3, -0.25) is 0 Å². The molecule has 5 heteroatoms. The van der Waals surface area contributed by atoms with Gasteiger partial charge in [-0.15, -0.1) is 0 Å². The Morgan fingerprint density at radius 1 is 1.42 bits per heavy atom. The molecule has 1 aromatic heterocycles. The van der Waals surface area contributed by atoms with Crippen molar-refractivity contribution >= 4 is 22.7 Å². The second-order valence-electron chi connectivity index (χ2n) is 6.94. The second kappa shape index (κ2) is 6.62. The van der Waals surface area contributed by atoms with E-state index in [4.69, 9.17) is 13.9 Å². The number of benzene rings is 1. The lowest BCUT2D eigenvalue weighted by Crippen LogP contribution is -2.47. The summed E-state index contributed by atoms with van der Waals surface area (Å²) in [5, 5.41) is 4.85. The monoisotopic (exact) mass is 347 g/mol. The largest absolute Gasteiger partial charge is 0.493 e. The van der Waals surface area contributed by atoms with Crippen LogP contribution < -0.4 is 10.1 Å². The number of thioether (sulfide) groups is 1. The Labute approximate surface area is 147 Å². The van der Waals surface area contributed by atoms with Crippen LogP contribution in [0, 0.1) is 0 Å². The number of hydrogen-bond donors (Lipinski definition) is 1. The highest BCUT2D eigenvalue weighted by Gasteiger charge is 2.40. The van der Waals surface area contributed by atoms with Gasteiger partial charge in [-0.1, -0.05) is 12.1 Å². The van der Waals surface area contributed by atoms with Gasteiger partial charge in [-0.05, 0) is 44.1 Å². The first-order valence-electron chi connectivity index (χ1n) is 8.73. The van der Waals surface area contributed by atoms with Gasteiger partial charge in [0, 0.05) is 23.8 Å². The summed E-state index contributed by atoms with van der Waals surface area (Å²) < 4.78 is 17.6. The first-order valence-corrected chi connectivity index (χ1v) is 9.89. The molecule has 0 amide bonds. The molecule has 2 saturated heterocycles. The Bertz CT molecular complexity index is 708. The number of nitrogens with one attached hydrogen (secondary N) is 1. The lowest BCUT2D eigenvalue weighted by Gasteiger charge is -2.39. The van der Waals surface area contributed by atoms with Gasteiger partial charge in [0.15, 0.2) is 11.3 Å². The van der Waals surface area contributed by atoms with Crippen LogP contribution >= 0.6 is 11.8 Å². The molecule has 2 aliphatic rings. The molecule has 0 bridgehead atoms. The van der Waals surface area contributed by atoms with Crippen molar-refractivity contribution in [3.63, 3.8) is 0 Å². The molecule has 3 unspecified atom stereocenters. The molecule has 2 aliphatic heterocycles. The van der Waals surface area contributed by atoms with E-state index in [2.05, 4.69) is 24.4 Å². The predicted molar refractivity (Wildman–Crippen MR) is 98.0 cm³/mol. The van der Waals surface area contributed by atoms with Crippen molar-refractivity contribution in [3.05, 3.63) is 30.0 Å². The van der Waals surface area contributed by atoms with Crippen molar-refractivity contribution in [2.75, 3.05) is 25.2 Å². The lowest BCUT2D eigenvalue weighted by atomic mass is 9.89. The Hall–Kier alpha value is -1.17. The molecular weight excluding hydrogens is 322 g/mol. The fraction of sp³-hybridized carbons (Fsp3) is 0.579. The maximum Gasteiger partial charge on any atom is 0.176 e. The summed E-state index contributed by atoms with van der Waals surface area (Å²) in [6.45, 7) is 3.04. The van der Waals surface area contributed by atoms with E-state index in [1.165, 1.54) is 12.2 Å². The molecule has 1 aromatic carbocycles. The third-order valence-corrected chi connectivity index (χ3v) is 6.44. The molecule has 0 saturated carbocycles. The fourth-order valence-electron chi connectivity index (χ4n) is 3.90. The van der Waals surface area contributed by atoms with Crippen molar-refractivity contribution < 1.29 is 13.9 Å². The van der Waals surface area contributed by atoms with E-state index >= 15 is 0 Å². The maximum absolute atomic E-state index is 6.12. The Balaban J connectivity index is 1.48. The number of fused-ring (bicyclic) bond motifs is 1. The van der Waals surface area contributed by atoms with E-state index in [9.17, 15) is 0 Å². The van der Waals surface area contributed by atoms with Crippen LogP contribution in [0.4, 0.5) is 0 Å². The number of furan rings is 1. The standard InChI is InChI=1S/C19H25NO3S/c1-13(17-10-14-4-3-5-16(21-2)18(14)23-17)20-15-6-8-22-19(11-15)7-9-24-12-19/h3-5,10,13,15,20H,6-9,11-12H2,1-2H3. The number of rotatable bonds is 4. The molecule has 130 valence electrons. The van der Waals surface area contributed by atoms with Gasteiger partial charge in [0.25, 0.3) is 0 Å². The van der Waals surface area contributed by atoms with Crippen LogP contribution in [0.15, 0.2) is 28.7 Å². The summed E-state index contributed by atoms with van der Waals surface area (Å²) in [6.07, 6.45) is 3.36. The van der Waals surface area contributed by atoms with Gasteiger partial charge in [-0.25, -0.2) is 0 Å². The average Bonchev–Trinajstić information content (AvgIpc) is 3.21. The predicted octanol–water partition coefficient (Wildman–Crippen LogP) is 4.15. The third kappa shape index (κ3) is 3.05. The van der Waals surface area contributed by atoms with Crippen LogP contribution in [0.25, 0.3) is 11.0 Å². The Morgan fingerprint density at radius 2 is 2.33 bits per heavy atom. The number of para-hydroxylation sites is 1. The highest BCUT2D eigenvalue weighted by molar-refractivity contribution is 7.99. The average molecular weight is 347 g/mol. The zero-order chi connectivity index (χ0) is 16.6. The van der Waals surface area contributed by atoms with E-state index in [0.29, 0.717) is 6.04 Å². The summed E-state index contributed by atoms with van der Waals surface area (Å²) >= 11 is 2.02. The molecule has 3 atom stereocenters. The minimum absolute atomic E-state index is 0.109. The van der Waals surface area contributed by atoms with Crippen LogP contribution in [0.3, 0.4) is 0 Å². The van der Waals surface area contributed by atoms with Gasteiger partial charge in [-0.2, -0.15) is 11.8 Å². The molecule has 24 heavy (non-hydrogen) atoms. The van der Waals surface area contributed by atoms with Crippen LogP contribution in [0.2, 0.25) is 0 Å². The van der Waals surface area contributed by atoms with Gasteiger partial charge in [0.05, 0.1) is 18.8 Å². The van der Waals surface area contributed by atoms with Gasteiger partial charge in [0.1, 0.15) is 5.76 Å². The molecule has 0 radical (unpaired) electrons. The van der Waals surface area contributed by atoms with E-state index in [1.807, 2.05) is 23.9 Å². The van der Waals surface area contributed by atoms with E-state index in [-0.39, 0.29) is 11.6 Å². The quantitative estimate of drug-likeness (QED) is 0.900. The van der Waals surface area contributed by atoms with Crippen molar-refractivity contribution in [1.29, 1.82) is 0 Å². The number of ether oxygens (including phenoxy) is 2.